The molecule has 10 heteroatoms. The van der Waals surface area contributed by atoms with E-state index in [1.807, 2.05) is 22.9 Å². The van der Waals surface area contributed by atoms with Gasteiger partial charge in [0.15, 0.2) is 0 Å². The smallest absolute Gasteiger partial charge is 0.240 e. The lowest BCUT2D eigenvalue weighted by Gasteiger charge is -2.27. The van der Waals surface area contributed by atoms with E-state index >= 15 is 0 Å². The van der Waals surface area contributed by atoms with Gasteiger partial charge in [-0.15, -0.1) is 0 Å². The summed E-state index contributed by atoms with van der Waals surface area (Å²) < 4.78 is 30.1. The van der Waals surface area contributed by atoms with Crippen molar-refractivity contribution in [1.29, 1.82) is 0 Å². The van der Waals surface area contributed by atoms with Crippen LogP contribution in [-0.4, -0.2) is 42.1 Å². The number of halogens is 2. The van der Waals surface area contributed by atoms with E-state index in [2.05, 4.69) is 14.6 Å². The van der Waals surface area contributed by atoms with Gasteiger partial charge in [-0.1, -0.05) is 41.4 Å². The van der Waals surface area contributed by atoms with Crippen LogP contribution in [0, 0.1) is 0 Å². The van der Waals surface area contributed by atoms with Crippen molar-refractivity contribution in [2.24, 2.45) is 0 Å². The average molecular weight is 502 g/mol. The van der Waals surface area contributed by atoms with Gasteiger partial charge in [-0.2, -0.15) is 0 Å². The molecule has 0 spiro atoms. The number of hydrogen-bond acceptors (Lipinski definition) is 5. The molecule has 0 unspecified atom stereocenters. The van der Waals surface area contributed by atoms with E-state index in [0.29, 0.717) is 15.6 Å². The van der Waals surface area contributed by atoms with Crippen LogP contribution < -0.4 is 9.62 Å². The van der Waals surface area contributed by atoms with Crippen LogP contribution in [0.25, 0.3) is 16.6 Å². The maximum Gasteiger partial charge on any atom is 0.240 e. The number of anilines is 1. The quantitative estimate of drug-likeness (QED) is 0.415. The van der Waals surface area contributed by atoms with E-state index in [1.54, 1.807) is 48.9 Å². The predicted octanol–water partition coefficient (Wildman–Crippen LogP) is 4.67. The van der Waals surface area contributed by atoms with Gasteiger partial charge in [0.2, 0.25) is 10.0 Å². The number of rotatable bonds is 6. The highest BCUT2D eigenvalue weighted by atomic mass is 35.5. The van der Waals surface area contributed by atoms with Crippen molar-refractivity contribution >= 4 is 49.9 Å². The molecule has 5 rings (SSSR count). The lowest BCUT2D eigenvalue weighted by Crippen LogP contribution is -2.40. The molecule has 2 aromatic heterocycles. The van der Waals surface area contributed by atoms with Crippen LogP contribution in [-0.2, 0) is 10.0 Å². The SMILES string of the molecule is O=S(=O)(NC[C@@H]1CCCN1c1cc(-n2ccnc2)c2ccc(Cl)c(Cl)c2n1)c1ccccc1. The van der Waals surface area contributed by atoms with E-state index in [1.165, 1.54) is 0 Å². The van der Waals surface area contributed by atoms with Crippen LogP contribution in [0.4, 0.5) is 5.82 Å². The van der Waals surface area contributed by atoms with Crippen molar-refractivity contribution in [1.82, 2.24) is 19.3 Å². The monoisotopic (exact) mass is 501 g/mol. The fourth-order valence-corrected chi connectivity index (χ4v) is 5.66. The topological polar surface area (TPSA) is 80.1 Å². The Balaban J connectivity index is 1.50. The van der Waals surface area contributed by atoms with Crippen molar-refractivity contribution < 1.29 is 8.42 Å². The average Bonchev–Trinajstić information content (AvgIpc) is 3.53. The van der Waals surface area contributed by atoms with Crippen molar-refractivity contribution in [2.45, 2.75) is 23.8 Å². The maximum atomic E-state index is 12.7. The van der Waals surface area contributed by atoms with Crippen LogP contribution in [0.15, 0.2) is 72.1 Å². The molecule has 1 atom stereocenters. The predicted molar refractivity (Wildman–Crippen MR) is 131 cm³/mol. The summed E-state index contributed by atoms with van der Waals surface area (Å²) in [6.07, 6.45) is 7.06. The molecule has 1 aliphatic rings. The van der Waals surface area contributed by atoms with Gasteiger partial charge in [0.25, 0.3) is 0 Å². The molecular weight excluding hydrogens is 481 g/mol. The van der Waals surface area contributed by atoms with Crippen LogP contribution in [0.5, 0.6) is 0 Å². The van der Waals surface area contributed by atoms with Crippen LogP contribution in [0.3, 0.4) is 0 Å². The minimum atomic E-state index is -3.59. The number of imidazole rings is 1. The molecule has 0 amide bonds. The second-order valence-corrected chi connectivity index (χ2v) is 10.4. The molecule has 1 fully saturated rings. The Morgan fingerprint density at radius 3 is 2.70 bits per heavy atom. The zero-order valence-corrected chi connectivity index (χ0v) is 19.9. The molecule has 1 aliphatic heterocycles. The highest BCUT2D eigenvalue weighted by Crippen LogP contribution is 2.36. The molecule has 0 aliphatic carbocycles. The molecule has 4 aromatic rings. The Hall–Kier alpha value is -2.65. The highest BCUT2D eigenvalue weighted by molar-refractivity contribution is 7.89. The number of nitrogens with one attached hydrogen (secondary N) is 1. The largest absolute Gasteiger partial charge is 0.352 e. The molecule has 0 bridgehead atoms. The van der Waals surface area contributed by atoms with Gasteiger partial charge in [-0.3, -0.25) is 0 Å². The van der Waals surface area contributed by atoms with E-state index in [-0.39, 0.29) is 17.5 Å². The Morgan fingerprint density at radius 1 is 1.12 bits per heavy atom. The molecular formula is C23H21Cl2N5O2S. The maximum absolute atomic E-state index is 12.7. The second-order valence-electron chi connectivity index (χ2n) is 7.88. The molecule has 0 radical (unpaired) electrons. The number of aromatic nitrogens is 3. The first kappa shape index (κ1) is 22.2. The van der Waals surface area contributed by atoms with Gasteiger partial charge >= 0.3 is 0 Å². The summed E-state index contributed by atoms with van der Waals surface area (Å²) in [6, 6.07) is 14.0. The van der Waals surface area contributed by atoms with Gasteiger partial charge in [0.05, 0.1) is 32.5 Å². The summed E-state index contributed by atoms with van der Waals surface area (Å²) in [5, 5.41) is 1.67. The van der Waals surface area contributed by atoms with Crippen molar-refractivity contribution in [3.05, 3.63) is 77.3 Å². The van der Waals surface area contributed by atoms with Crippen LogP contribution in [0.1, 0.15) is 12.8 Å². The number of fused-ring (bicyclic) bond motifs is 1. The summed E-state index contributed by atoms with van der Waals surface area (Å²) in [7, 11) is -3.59. The first-order chi connectivity index (χ1) is 15.9. The molecule has 170 valence electrons. The van der Waals surface area contributed by atoms with Gasteiger partial charge in [-0.25, -0.2) is 23.1 Å². The molecule has 1 saturated heterocycles. The molecule has 2 aromatic carbocycles. The zero-order valence-electron chi connectivity index (χ0n) is 17.5. The van der Waals surface area contributed by atoms with E-state index in [9.17, 15) is 8.42 Å². The van der Waals surface area contributed by atoms with Gasteiger partial charge < -0.3 is 9.47 Å². The third-order valence-electron chi connectivity index (χ3n) is 5.85. The van der Waals surface area contributed by atoms with Crippen LogP contribution in [0.2, 0.25) is 10.0 Å². The van der Waals surface area contributed by atoms with Crippen molar-refractivity contribution in [3.8, 4) is 5.69 Å². The van der Waals surface area contributed by atoms with Crippen molar-refractivity contribution in [3.63, 3.8) is 0 Å². The first-order valence-corrected chi connectivity index (χ1v) is 12.8. The molecule has 3 heterocycles. The zero-order chi connectivity index (χ0) is 23.0. The lowest BCUT2D eigenvalue weighted by atomic mass is 10.1. The third-order valence-corrected chi connectivity index (χ3v) is 8.09. The van der Waals surface area contributed by atoms with E-state index < -0.39 is 10.0 Å². The summed E-state index contributed by atoms with van der Waals surface area (Å²) in [5.41, 5.74) is 1.47. The molecule has 0 saturated carbocycles. The third kappa shape index (κ3) is 4.31. The Kier molecular flexibility index (Phi) is 6.01. The summed E-state index contributed by atoms with van der Waals surface area (Å²) >= 11 is 12.8. The summed E-state index contributed by atoms with van der Waals surface area (Å²) in [5.74, 6) is 0.719. The first-order valence-electron chi connectivity index (χ1n) is 10.5. The van der Waals surface area contributed by atoms with Crippen LogP contribution >= 0.6 is 23.2 Å². The standard InChI is InChI=1S/C23H21Cl2N5O2S/c24-19-9-8-18-20(29-12-10-26-15-29)13-21(28-23(18)22(19)25)30-11-4-5-16(30)14-27-33(31,32)17-6-2-1-3-7-17/h1-3,6-10,12-13,15-16,27H,4-5,11,14H2/t16-/m0/s1. The molecule has 1 N–H and O–H groups in total. The van der Waals surface area contributed by atoms with Gasteiger partial charge in [0.1, 0.15) is 5.82 Å². The molecule has 33 heavy (non-hydrogen) atoms. The lowest BCUT2D eigenvalue weighted by molar-refractivity contribution is 0.566. The van der Waals surface area contributed by atoms with E-state index in [4.69, 9.17) is 28.2 Å². The number of nitrogens with zero attached hydrogens (tertiary/aromatic N) is 4. The number of benzene rings is 2. The summed E-state index contributed by atoms with van der Waals surface area (Å²) in [6.45, 7) is 1.04. The van der Waals surface area contributed by atoms with Gasteiger partial charge in [0, 0.05) is 43.0 Å². The Bertz CT molecular complexity index is 1400. The highest BCUT2D eigenvalue weighted by Gasteiger charge is 2.28. The Morgan fingerprint density at radius 2 is 1.94 bits per heavy atom. The number of pyridine rings is 1. The fourth-order valence-electron chi connectivity index (χ4n) is 4.20. The van der Waals surface area contributed by atoms with E-state index in [0.717, 1.165) is 36.3 Å². The summed E-state index contributed by atoms with van der Waals surface area (Å²) in [4.78, 5) is 11.4. The Labute approximate surface area is 202 Å². The minimum absolute atomic E-state index is 0.0398. The van der Waals surface area contributed by atoms with Crippen molar-refractivity contribution in [2.75, 3.05) is 18.0 Å². The minimum Gasteiger partial charge on any atom is -0.352 e. The number of hydrogen-bond donors (Lipinski definition) is 1. The fraction of sp³-hybridized carbons (Fsp3) is 0.217. The normalized spacial score (nSPS) is 16.5. The second kappa shape index (κ2) is 8.95. The van der Waals surface area contributed by atoms with Gasteiger partial charge in [-0.05, 0) is 37.1 Å². The molecule has 7 nitrogen and oxygen atoms in total. The number of sulfonamides is 1.